The molecule has 116 valence electrons. The van der Waals surface area contributed by atoms with Gasteiger partial charge >= 0.3 is 10.2 Å². The number of hydrogen-bond donors (Lipinski definition) is 3. The summed E-state index contributed by atoms with van der Waals surface area (Å²) in [6.07, 6.45) is 2.76. The molecule has 6 nitrogen and oxygen atoms in total. The number of phenolic OH excluding ortho intramolecular Hbond substituents is 1. The van der Waals surface area contributed by atoms with Gasteiger partial charge in [-0.1, -0.05) is 26.8 Å². The fraction of sp³-hybridized carbons (Fsp3) is 0.429. The zero-order valence-electron chi connectivity index (χ0n) is 12.3. The highest BCUT2D eigenvalue weighted by molar-refractivity contribution is 7.91. The lowest BCUT2D eigenvalue weighted by Crippen LogP contribution is -2.29. The highest BCUT2D eigenvalue weighted by Crippen LogP contribution is 2.33. The molecule has 0 aliphatic carbocycles. The Morgan fingerprint density at radius 1 is 1.24 bits per heavy atom. The Kier molecular flexibility index (Phi) is 3.79. The number of aliphatic hydroxyl groups excluding tert-OH is 1. The van der Waals surface area contributed by atoms with E-state index < -0.39 is 16.1 Å². The monoisotopic (exact) mass is 312 g/mol. The SMILES string of the molecule is CC(C)(C)CCc1ccc(N2C=C(O)NS2(=O)=O)c(O)c1. The molecule has 0 spiro atoms. The first kappa shape index (κ1) is 15.5. The van der Waals surface area contributed by atoms with Crippen LogP contribution >= 0.6 is 0 Å². The zero-order valence-corrected chi connectivity index (χ0v) is 13.1. The van der Waals surface area contributed by atoms with Crippen LogP contribution in [0, 0.1) is 5.41 Å². The van der Waals surface area contributed by atoms with Crippen LogP contribution in [0.25, 0.3) is 0 Å². The molecule has 2 rings (SSSR count). The summed E-state index contributed by atoms with van der Waals surface area (Å²) in [7, 11) is -3.88. The predicted molar refractivity (Wildman–Crippen MR) is 81.1 cm³/mol. The van der Waals surface area contributed by atoms with Gasteiger partial charge in [-0.3, -0.25) is 0 Å². The van der Waals surface area contributed by atoms with E-state index >= 15 is 0 Å². The molecule has 1 aromatic carbocycles. The molecule has 0 aromatic heterocycles. The topological polar surface area (TPSA) is 89.9 Å². The van der Waals surface area contributed by atoms with Crippen molar-refractivity contribution in [3.8, 4) is 5.75 Å². The Hall–Kier alpha value is -1.89. The van der Waals surface area contributed by atoms with E-state index in [-0.39, 0.29) is 16.9 Å². The first-order valence-electron chi connectivity index (χ1n) is 6.63. The van der Waals surface area contributed by atoms with Crippen LogP contribution in [-0.4, -0.2) is 18.6 Å². The summed E-state index contributed by atoms with van der Waals surface area (Å²) in [4.78, 5) is 0. The Balaban J connectivity index is 2.24. The van der Waals surface area contributed by atoms with E-state index in [9.17, 15) is 18.6 Å². The molecule has 0 atom stereocenters. The molecule has 1 aliphatic heterocycles. The summed E-state index contributed by atoms with van der Waals surface area (Å²) in [6, 6.07) is 4.86. The molecule has 0 saturated carbocycles. The fourth-order valence-corrected chi connectivity index (χ4v) is 3.08. The van der Waals surface area contributed by atoms with E-state index in [0.717, 1.165) is 28.9 Å². The molecule has 0 unspecified atom stereocenters. The number of aryl methyl sites for hydroxylation is 1. The largest absolute Gasteiger partial charge is 0.506 e. The van der Waals surface area contributed by atoms with Crippen LogP contribution in [0.1, 0.15) is 32.8 Å². The van der Waals surface area contributed by atoms with Gasteiger partial charge in [0.25, 0.3) is 0 Å². The van der Waals surface area contributed by atoms with Crippen LogP contribution in [0.4, 0.5) is 5.69 Å². The lowest BCUT2D eigenvalue weighted by atomic mass is 9.88. The van der Waals surface area contributed by atoms with E-state index in [4.69, 9.17) is 0 Å². The van der Waals surface area contributed by atoms with Crippen LogP contribution in [0.5, 0.6) is 5.75 Å². The van der Waals surface area contributed by atoms with Gasteiger partial charge in [0.15, 0.2) is 0 Å². The lowest BCUT2D eigenvalue weighted by Gasteiger charge is -2.19. The first-order chi connectivity index (χ1) is 9.58. The number of hydrogen-bond acceptors (Lipinski definition) is 4. The molecule has 0 amide bonds. The maximum absolute atomic E-state index is 11.8. The van der Waals surface area contributed by atoms with Crippen LogP contribution in [0.15, 0.2) is 30.3 Å². The van der Waals surface area contributed by atoms with Gasteiger partial charge < -0.3 is 10.2 Å². The number of benzene rings is 1. The summed E-state index contributed by atoms with van der Waals surface area (Å²) in [5, 5.41) is 19.3. The molecule has 1 heterocycles. The van der Waals surface area contributed by atoms with Gasteiger partial charge in [0, 0.05) is 0 Å². The molecular formula is C14H20N2O4S. The minimum atomic E-state index is -3.88. The zero-order chi connectivity index (χ0) is 15.8. The molecule has 3 N–H and O–H groups in total. The molecular weight excluding hydrogens is 292 g/mol. The molecule has 7 heteroatoms. The molecule has 1 aromatic rings. The lowest BCUT2D eigenvalue weighted by molar-refractivity contribution is 0.377. The van der Waals surface area contributed by atoms with Crippen molar-refractivity contribution in [1.82, 2.24) is 4.72 Å². The van der Waals surface area contributed by atoms with Crippen molar-refractivity contribution < 1.29 is 18.6 Å². The van der Waals surface area contributed by atoms with E-state index in [1.807, 2.05) is 4.72 Å². The Morgan fingerprint density at radius 2 is 1.90 bits per heavy atom. The van der Waals surface area contributed by atoms with Crippen LogP contribution in [-0.2, 0) is 16.6 Å². The number of aliphatic hydroxyl groups is 1. The van der Waals surface area contributed by atoms with Gasteiger partial charge in [0.2, 0.25) is 5.88 Å². The summed E-state index contributed by atoms with van der Waals surface area (Å²) >= 11 is 0. The molecule has 0 radical (unpaired) electrons. The Bertz CT molecular complexity index is 675. The average molecular weight is 312 g/mol. The summed E-state index contributed by atoms with van der Waals surface area (Å²) < 4.78 is 26.3. The van der Waals surface area contributed by atoms with Crippen molar-refractivity contribution >= 4 is 15.9 Å². The van der Waals surface area contributed by atoms with E-state index in [1.54, 1.807) is 12.1 Å². The van der Waals surface area contributed by atoms with Gasteiger partial charge in [-0.25, -0.2) is 9.03 Å². The van der Waals surface area contributed by atoms with E-state index in [2.05, 4.69) is 20.8 Å². The molecule has 21 heavy (non-hydrogen) atoms. The first-order valence-corrected chi connectivity index (χ1v) is 8.07. The summed E-state index contributed by atoms with van der Waals surface area (Å²) in [6.45, 7) is 6.41. The highest BCUT2D eigenvalue weighted by Gasteiger charge is 2.30. The van der Waals surface area contributed by atoms with Crippen LogP contribution in [0.2, 0.25) is 0 Å². The van der Waals surface area contributed by atoms with E-state index in [1.165, 1.54) is 6.07 Å². The second-order valence-corrected chi connectivity index (χ2v) is 7.85. The van der Waals surface area contributed by atoms with Crippen molar-refractivity contribution in [3.05, 3.63) is 35.8 Å². The fourth-order valence-electron chi connectivity index (χ4n) is 2.02. The Morgan fingerprint density at radius 3 is 2.38 bits per heavy atom. The maximum Gasteiger partial charge on any atom is 0.330 e. The van der Waals surface area contributed by atoms with Crippen LogP contribution in [0.3, 0.4) is 0 Å². The number of aromatic hydroxyl groups is 1. The molecule has 0 fully saturated rings. The second kappa shape index (κ2) is 5.14. The molecule has 0 saturated heterocycles. The number of phenols is 1. The number of nitrogens with zero attached hydrogens (tertiary/aromatic N) is 1. The van der Waals surface area contributed by atoms with Gasteiger partial charge in [0.1, 0.15) is 11.4 Å². The Labute approximate surface area is 124 Å². The van der Waals surface area contributed by atoms with Crippen molar-refractivity contribution in [1.29, 1.82) is 0 Å². The third-order valence-electron chi connectivity index (χ3n) is 3.17. The average Bonchev–Trinajstić information content (AvgIpc) is 2.59. The van der Waals surface area contributed by atoms with Gasteiger partial charge in [-0.15, -0.1) is 0 Å². The highest BCUT2D eigenvalue weighted by atomic mass is 32.2. The van der Waals surface area contributed by atoms with Crippen molar-refractivity contribution in [2.75, 3.05) is 4.31 Å². The molecule has 1 aliphatic rings. The normalized spacial score (nSPS) is 17.5. The third-order valence-corrected chi connectivity index (χ3v) is 4.46. The number of anilines is 1. The maximum atomic E-state index is 11.8. The molecule has 0 bridgehead atoms. The standard InChI is InChI=1S/C14H20N2O4S/c1-14(2,3)7-6-10-4-5-11(12(17)8-10)16-9-13(18)15-21(16,19)20/h4-5,8-9,15,17-18H,6-7H2,1-3H3. The van der Waals surface area contributed by atoms with Crippen molar-refractivity contribution in [2.45, 2.75) is 33.6 Å². The third kappa shape index (κ3) is 3.60. The van der Waals surface area contributed by atoms with E-state index in [0.29, 0.717) is 0 Å². The van der Waals surface area contributed by atoms with Crippen molar-refractivity contribution in [3.63, 3.8) is 0 Å². The quantitative estimate of drug-likeness (QED) is 0.799. The number of rotatable bonds is 3. The van der Waals surface area contributed by atoms with Gasteiger partial charge in [0.05, 0.1) is 6.20 Å². The number of nitrogens with one attached hydrogen (secondary N) is 1. The van der Waals surface area contributed by atoms with Gasteiger partial charge in [-0.2, -0.15) is 8.42 Å². The summed E-state index contributed by atoms with van der Waals surface area (Å²) in [5.74, 6) is -0.621. The predicted octanol–water partition coefficient (Wildman–Crippen LogP) is 2.38. The smallest absolute Gasteiger partial charge is 0.330 e. The minimum Gasteiger partial charge on any atom is -0.506 e. The summed E-state index contributed by atoms with van der Waals surface area (Å²) in [5.41, 5.74) is 1.22. The van der Waals surface area contributed by atoms with Gasteiger partial charge in [-0.05, 0) is 36.0 Å². The second-order valence-electron chi connectivity index (χ2n) is 6.30. The van der Waals surface area contributed by atoms with Crippen LogP contribution < -0.4 is 9.03 Å². The van der Waals surface area contributed by atoms with Crippen molar-refractivity contribution in [2.24, 2.45) is 5.41 Å². The minimum absolute atomic E-state index is 0.103.